The molecule has 2 N–H and O–H groups in total. The standard InChI is InChI=1S/C24H29N5O5S/c1-3-28(4-2)11-12-29-17-20(16-25-29)26-24(30)18-5-7-19(8-6-18)27-35(31,32)21-9-10-22-23(15-21)34-14-13-33-22/h5-10,15-17,27H,3-4,11-14H2,1-2H3,(H,26,30). The van der Waals surface area contributed by atoms with Gasteiger partial charge in [-0.1, -0.05) is 13.8 Å². The molecule has 0 unspecified atom stereocenters. The van der Waals surface area contributed by atoms with E-state index < -0.39 is 10.0 Å². The Morgan fingerprint density at radius 2 is 1.74 bits per heavy atom. The van der Waals surface area contributed by atoms with Gasteiger partial charge in [0.2, 0.25) is 0 Å². The van der Waals surface area contributed by atoms with E-state index in [1.165, 1.54) is 24.3 Å². The molecule has 0 spiro atoms. The third kappa shape index (κ3) is 6.11. The molecule has 35 heavy (non-hydrogen) atoms. The molecule has 1 aromatic heterocycles. The molecule has 0 bridgehead atoms. The minimum Gasteiger partial charge on any atom is -0.486 e. The second-order valence-corrected chi connectivity index (χ2v) is 9.64. The SMILES string of the molecule is CCN(CC)CCn1cc(NC(=O)c2ccc(NS(=O)(=O)c3ccc4c(c3)OCCO4)cc2)cn1. The average molecular weight is 500 g/mol. The number of hydrogen-bond donors (Lipinski definition) is 2. The van der Waals surface area contributed by atoms with Gasteiger partial charge in [-0.25, -0.2) is 8.42 Å². The van der Waals surface area contributed by atoms with E-state index in [9.17, 15) is 13.2 Å². The van der Waals surface area contributed by atoms with Gasteiger partial charge in [0, 0.05) is 30.1 Å². The molecule has 0 atom stereocenters. The number of likely N-dealkylation sites (N-methyl/N-ethyl adjacent to an activating group) is 1. The molecule has 1 amide bonds. The third-order valence-corrected chi connectivity index (χ3v) is 7.03. The first-order chi connectivity index (χ1) is 16.9. The molecule has 0 saturated heterocycles. The zero-order valence-corrected chi connectivity index (χ0v) is 20.5. The normalized spacial score (nSPS) is 13.0. The van der Waals surface area contributed by atoms with E-state index in [2.05, 4.69) is 33.9 Å². The molecular formula is C24H29N5O5S. The Hall–Kier alpha value is -3.57. The van der Waals surface area contributed by atoms with Crippen molar-refractivity contribution in [2.45, 2.75) is 25.3 Å². The molecular weight excluding hydrogens is 470 g/mol. The second kappa shape index (κ2) is 10.8. The number of aromatic nitrogens is 2. The van der Waals surface area contributed by atoms with Crippen LogP contribution in [0.4, 0.5) is 11.4 Å². The molecule has 2 heterocycles. The van der Waals surface area contributed by atoms with E-state index in [0.717, 1.165) is 26.2 Å². The van der Waals surface area contributed by atoms with Gasteiger partial charge in [-0.15, -0.1) is 0 Å². The number of ether oxygens (including phenoxy) is 2. The first-order valence-electron chi connectivity index (χ1n) is 11.5. The minimum absolute atomic E-state index is 0.0570. The smallest absolute Gasteiger partial charge is 0.262 e. The highest BCUT2D eigenvalue weighted by Gasteiger charge is 2.20. The Morgan fingerprint density at radius 1 is 1.03 bits per heavy atom. The van der Waals surface area contributed by atoms with Gasteiger partial charge >= 0.3 is 0 Å². The van der Waals surface area contributed by atoms with Crippen LogP contribution in [0.15, 0.2) is 59.8 Å². The summed E-state index contributed by atoms with van der Waals surface area (Å²) in [4.78, 5) is 15.0. The van der Waals surface area contributed by atoms with Crippen LogP contribution in [0.1, 0.15) is 24.2 Å². The van der Waals surface area contributed by atoms with Gasteiger partial charge in [-0.3, -0.25) is 14.2 Å². The van der Waals surface area contributed by atoms with Crippen molar-refractivity contribution in [1.82, 2.24) is 14.7 Å². The van der Waals surface area contributed by atoms with Gasteiger partial charge in [0.1, 0.15) is 13.2 Å². The van der Waals surface area contributed by atoms with Crippen molar-refractivity contribution in [2.24, 2.45) is 0 Å². The van der Waals surface area contributed by atoms with E-state index in [4.69, 9.17) is 9.47 Å². The monoisotopic (exact) mass is 499 g/mol. The maximum atomic E-state index is 12.8. The van der Waals surface area contributed by atoms with E-state index in [1.54, 1.807) is 35.3 Å². The zero-order chi connectivity index (χ0) is 24.8. The fraction of sp³-hybridized carbons (Fsp3) is 0.333. The van der Waals surface area contributed by atoms with E-state index >= 15 is 0 Å². The first-order valence-corrected chi connectivity index (χ1v) is 12.9. The number of anilines is 2. The van der Waals surface area contributed by atoms with Crippen LogP contribution in [0.25, 0.3) is 0 Å². The molecule has 11 heteroatoms. The van der Waals surface area contributed by atoms with Crippen LogP contribution in [0, 0.1) is 0 Å². The molecule has 10 nitrogen and oxygen atoms in total. The van der Waals surface area contributed by atoms with Gasteiger partial charge in [-0.05, 0) is 49.5 Å². The van der Waals surface area contributed by atoms with Crippen LogP contribution >= 0.6 is 0 Å². The van der Waals surface area contributed by atoms with Crippen molar-refractivity contribution >= 4 is 27.3 Å². The van der Waals surface area contributed by atoms with Crippen LogP contribution < -0.4 is 19.5 Å². The maximum absolute atomic E-state index is 12.8. The summed E-state index contributed by atoms with van der Waals surface area (Å²) in [6.07, 6.45) is 3.40. The lowest BCUT2D eigenvalue weighted by Gasteiger charge is -2.19. The lowest BCUT2D eigenvalue weighted by Crippen LogP contribution is -2.27. The van der Waals surface area contributed by atoms with Crippen molar-refractivity contribution in [2.75, 3.05) is 42.9 Å². The topological polar surface area (TPSA) is 115 Å². The molecule has 3 aromatic rings. The highest BCUT2D eigenvalue weighted by atomic mass is 32.2. The molecule has 2 aromatic carbocycles. The molecule has 1 aliphatic heterocycles. The largest absolute Gasteiger partial charge is 0.486 e. The Kier molecular flexibility index (Phi) is 7.57. The van der Waals surface area contributed by atoms with Gasteiger partial charge in [-0.2, -0.15) is 5.10 Å². The second-order valence-electron chi connectivity index (χ2n) is 7.96. The fourth-order valence-corrected chi connectivity index (χ4v) is 4.71. The number of benzene rings is 2. The minimum atomic E-state index is -3.84. The summed E-state index contributed by atoms with van der Waals surface area (Å²) >= 11 is 0. The molecule has 0 radical (unpaired) electrons. The van der Waals surface area contributed by atoms with Crippen LogP contribution in [-0.2, 0) is 16.6 Å². The van der Waals surface area contributed by atoms with Crippen LogP contribution in [0.2, 0.25) is 0 Å². The van der Waals surface area contributed by atoms with E-state index in [0.29, 0.717) is 41.7 Å². The average Bonchev–Trinajstić information content (AvgIpc) is 3.31. The van der Waals surface area contributed by atoms with Gasteiger partial charge in [0.05, 0.1) is 23.3 Å². The number of rotatable bonds is 10. The molecule has 0 fully saturated rings. The Labute approximate surface area is 204 Å². The van der Waals surface area contributed by atoms with Crippen LogP contribution in [0.5, 0.6) is 11.5 Å². The number of nitrogens with one attached hydrogen (secondary N) is 2. The summed E-state index contributed by atoms with van der Waals surface area (Å²) in [5, 5.41) is 7.11. The first kappa shape index (κ1) is 24.6. The summed E-state index contributed by atoms with van der Waals surface area (Å²) < 4.78 is 40.8. The number of sulfonamides is 1. The van der Waals surface area contributed by atoms with Crippen LogP contribution in [0.3, 0.4) is 0 Å². The van der Waals surface area contributed by atoms with Crippen LogP contribution in [-0.4, -0.2) is 61.9 Å². The number of hydrogen-bond acceptors (Lipinski definition) is 7. The summed E-state index contributed by atoms with van der Waals surface area (Å²) in [7, 11) is -3.84. The summed E-state index contributed by atoms with van der Waals surface area (Å²) in [6, 6.07) is 10.7. The van der Waals surface area contributed by atoms with E-state index in [1.807, 2.05) is 0 Å². The molecule has 4 rings (SSSR count). The molecule has 0 saturated carbocycles. The number of nitrogens with zero attached hydrogens (tertiary/aromatic N) is 3. The number of carbonyl (C=O) groups is 1. The van der Waals surface area contributed by atoms with Gasteiger partial charge in [0.25, 0.3) is 15.9 Å². The number of amides is 1. The summed E-state index contributed by atoms with van der Waals surface area (Å²) in [5.74, 6) is 0.594. The number of fused-ring (bicyclic) bond motifs is 1. The van der Waals surface area contributed by atoms with Gasteiger partial charge < -0.3 is 19.7 Å². The Balaban J connectivity index is 1.36. The van der Waals surface area contributed by atoms with Crippen molar-refractivity contribution in [3.8, 4) is 11.5 Å². The van der Waals surface area contributed by atoms with Gasteiger partial charge in [0.15, 0.2) is 11.5 Å². The highest BCUT2D eigenvalue weighted by molar-refractivity contribution is 7.92. The maximum Gasteiger partial charge on any atom is 0.262 e. The quantitative estimate of drug-likeness (QED) is 0.441. The molecule has 1 aliphatic rings. The van der Waals surface area contributed by atoms with Crippen molar-refractivity contribution < 1.29 is 22.7 Å². The third-order valence-electron chi connectivity index (χ3n) is 5.65. The lowest BCUT2D eigenvalue weighted by molar-refractivity contribution is 0.102. The van der Waals surface area contributed by atoms with Crippen molar-refractivity contribution in [3.63, 3.8) is 0 Å². The molecule has 186 valence electrons. The predicted octanol–water partition coefficient (Wildman–Crippen LogP) is 3.05. The molecule has 0 aliphatic carbocycles. The Bertz CT molecular complexity index is 1270. The summed E-state index contributed by atoms with van der Waals surface area (Å²) in [5.41, 5.74) is 1.32. The summed E-state index contributed by atoms with van der Waals surface area (Å²) in [6.45, 7) is 8.59. The van der Waals surface area contributed by atoms with Crippen molar-refractivity contribution in [3.05, 3.63) is 60.4 Å². The number of carbonyl (C=O) groups excluding carboxylic acids is 1. The van der Waals surface area contributed by atoms with Crippen molar-refractivity contribution in [1.29, 1.82) is 0 Å². The zero-order valence-electron chi connectivity index (χ0n) is 19.7. The highest BCUT2D eigenvalue weighted by Crippen LogP contribution is 2.32. The fourth-order valence-electron chi connectivity index (χ4n) is 3.63. The predicted molar refractivity (Wildman–Crippen MR) is 133 cm³/mol. The Morgan fingerprint density at radius 3 is 2.46 bits per heavy atom. The lowest BCUT2D eigenvalue weighted by atomic mass is 10.2. The van der Waals surface area contributed by atoms with E-state index in [-0.39, 0.29) is 10.8 Å².